The van der Waals surface area contributed by atoms with Gasteiger partial charge in [0.2, 0.25) is 0 Å². The molecule has 0 aromatic rings. The van der Waals surface area contributed by atoms with Gasteiger partial charge in [-0.15, -0.1) is 0 Å². The van der Waals surface area contributed by atoms with Gasteiger partial charge < -0.3 is 14.9 Å². The molecule has 1 saturated carbocycles. The summed E-state index contributed by atoms with van der Waals surface area (Å²) in [5, 5.41) is 17.8. The van der Waals surface area contributed by atoms with E-state index < -0.39 is 0 Å². The van der Waals surface area contributed by atoms with E-state index >= 15 is 0 Å². The minimum Gasteiger partial charge on any atom is -0.394 e. The molecule has 0 aliphatic heterocycles. The summed E-state index contributed by atoms with van der Waals surface area (Å²) >= 11 is 1.92. The van der Waals surface area contributed by atoms with E-state index in [-0.39, 0.29) is 12.7 Å². The highest BCUT2D eigenvalue weighted by molar-refractivity contribution is 7.99. The molecule has 90 valence electrons. The molecule has 1 aliphatic carbocycles. The Bertz CT molecular complexity index is 147. The van der Waals surface area contributed by atoms with Crippen molar-refractivity contribution in [3.05, 3.63) is 0 Å². The van der Waals surface area contributed by atoms with Gasteiger partial charge in [0, 0.05) is 5.75 Å². The first-order chi connectivity index (χ1) is 7.33. The number of hydrogen-bond acceptors (Lipinski definition) is 4. The van der Waals surface area contributed by atoms with Crippen molar-refractivity contribution in [3.63, 3.8) is 0 Å². The lowest BCUT2D eigenvalue weighted by atomic mass is 9.89. The lowest BCUT2D eigenvalue weighted by Crippen LogP contribution is -2.19. The Labute approximate surface area is 96.2 Å². The molecule has 0 aromatic carbocycles. The SMILES string of the molecule is OCCOCCSCC1CCC(O)CC1. The molecule has 3 nitrogen and oxygen atoms in total. The second kappa shape index (κ2) is 8.39. The number of ether oxygens (including phenoxy) is 1. The molecular weight excluding hydrogens is 212 g/mol. The van der Waals surface area contributed by atoms with E-state index in [9.17, 15) is 5.11 Å². The Balaban J connectivity index is 1.87. The average molecular weight is 234 g/mol. The van der Waals surface area contributed by atoms with Crippen molar-refractivity contribution in [1.82, 2.24) is 0 Å². The van der Waals surface area contributed by atoms with Gasteiger partial charge in [-0.25, -0.2) is 0 Å². The molecule has 0 atom stereocenters. The molecule has 0 heterocycles. The van der Waals surface area contributed by atoms with E-state index in [1.54, 1.807) is 0 Å². The molecule has 0 radical (unpaired) electrons. The van der Waals surface area contributed by atoms with Crippen molar-refractivity contribution in [1.29, 1.82) is 0 Å². The van der Waals surface area contributed by atoms with Gasteiger partial charge in [-0.1, -0.05) is 0 Å². The summed E-state index contributed by atoms with van der Waals surface area (Å²) in [6.45, 7) is 1.31. The topological polar surface area (TPSA) is 49.7 Å². The van der Waals surface area contributed by atoms with Crippen LogP contribution in [0.25, 0.3) is 0 Å². The van der Waals surface area contributed by atoms with Crippen LogP contribution < -0.4 is 0 Å². The van der Waals surface area contributed by atoms with Crippen LogP contribution in [0.4, 0.5) is 0 Å². The van der Waals surface area contributed by atoms with Crippen molar-refractivity contribution in [3.8, 4) is 0 Å². The highest BCUT2D eigenvalue weighted by atomic mass is 32.2. The van der Waals surface area contributed by atoms with Gasteiger partial charge in [-0.05, 0) is 37.4 Å². The summed E-state index contributed by atoms with van der Waals surface area (Å²) in [4.78, 5) is 0. The summed E-state index contributed by atoms with van der Waals surface area (Å²) in [5.74, 6) is 2.99. The number of thioether (sulfide) groups is 1. The summed E-state index contributed by atoms with van der Waals surface area (Å²) in [7, 11) is 0. The molecule has 1 fully saturated rings. The largest absolute Gasteiger partial charge is 0.394 e. The van der Waals surface area contributed by atoms with Crippen LogP contribution in [-0.4, -0.2) is 47.6 Å². The Morgan fingerprint density at radius 1 is 1.13 bits per heavy atom. The van der Waals surface area contributed by atoms with Crippen LogP contribution in [0, 0.1) is 5.92 Å². The van der Waals surface area contributed by atoms with Gasteiger partial charge in [-0.2, -0.15) is 11.8 Å². The van der Waals surface area contributed by atoms with E-state index in [0.717, 1.165) is 31.1 Å². The zero-order valence-corrected chi connectivity index (χ0v) is 10.0. The summed E-state index contributed by atoms with van der Waals surface area (Å²) < 4.78 is 5.18. The van der Waals surface area contributed by atoms with Crippen molar-refractivity contribution in [2.75, 3.05) is 31.3 Å². The maximum Gasteiger partial charge on any atom is 0.0698 e. The third kappa shape index (κ3) is 6.40. The van der Waals surface area contributed by atoms with Crippen LogP contribution in [0.15, 0.2) is 0 Å². The number of aliphatic hydroxyl groups is 2. The fraction of sp³-hybridized carbons (Fsp3) is 1.00. The third-order valence-electron chi connectivity index (χ3n) is 2.78. The third-order valence-corrected chi connectivity index (χ3v) is 3.94. The van der Waals surface area contributed by atoms with Gasteiger partial charge in [0.25, 0.3) is 0 Å². The first-order valence-electron chi connectivity index (χ1n) is 5.77. The predicted octanol–water partition coefficient (Wildman–Crippen LogP) is 1.28. The molecule has 0 unspecified atom stereocenters. The second-order valence-electron chi connectivity index (χ2n) is 4.09. The smallest absolute Gasteiger partial charge is 0.0698 e. The zero-order chi connectivity index (χ0) is 10.9. The van der Waals surface area contributed by atoms with Gasteiger partial charge in [0.05, 0.1) is 25.9 Å². The fourth-order valence-corrected chi connectivity index (χ4v) is 2.92. The van der Waals surface area contributed by atoms with E-state index in [2.05, 4.69) is 0 Å². The van der Waals surface area contributed by atoms with Crippen LogP contribution in [0.5, 0.6) is 0 Å². The fourth-order valence-electron chi connectivity index (χ4n) is 1.85. The van der Waals surface area contributed by atoms with Crippen LogP contribution in [-0.2, 0) is 4.74 Å². The summed E-state index contributed by atoms with van der Waals surface area (Å²) in [6, 6.07) is 0. The monoisotopic (exact) mass is 234 g/mol. The lowest BCUT2D eigenvalue weighted by molar-refractivity contribution is 0.103. The van der Waals surface area contributed by atoms with Crippen molar-refractivity contribution >= 4 is 11.8 Å². The molecule has 1 rings (SSSR count). The van der Waals surface area contributed by atoms with Gasteiger partial charge in [-0.3, -0.25) is 0 Å². The standard InChI is InChI=1S/C11H22O3S/c12-5-6-14-7-8-15-9-10-1-3-11(13)4-2-10/h10-13H,1-9H2. The Hall–Kier alpha value is 0.230. The van der Waals surface area contributed by atoms with Gasteiger partial charge >= 0.3 is 0 Å². The molecule has 0 saturated heterocycles. The summed E-state index contributed by atoms with van der Waals surface area (Å²) in [5.41, 5.74) is 0. The number of hydrogen-bond donors (Lipinski definition) is 2. The van der Waals surface area contributed by atoms with E-state index in [1.807, 2.05) is 11.8 Å². The molecule has 4 heteroatoms. The lowest BCUT2D eigenvalue weighted by Gasteiger charge is -2.24. The molecule has 0 amide bonds. The van der Waals surface area contributed by atoms with E-state index in [0.29, 0.717) is 6.61 Å². The van der Waals surface area contributed by atoms with Crippen LogP contribution >= 0.6 is 11.8 Å². The minimum absolute atomic E-state index is 0.0425. The molecular formula is C11H22O3S. The molecule has 2 N–H and O–H groups in total. The Kier molecular flexibility index (Phi) is 7.44. The maximum absolute atomic E-state index is 9.35. The Morgan fingerprint density at radius 3 is 2.53 bits per heavy atom. The van der Waals surface area contributed by atoms with Crippen molar-refractivity contribution < 1.29 is 14.9 Å². The molecule has 0 spiro atoms. The van der Waals surface area contributed by atoms with Gasteiger partial charge in [0.15, 0.2) is 0 Å². The maximum atomic E-state index is 9.35. The first kappa shape index (κ1) is 13.3. The molecule has 1 aliphatic rings. The van der Waals surface area contributed by atoms with Crippen LogP contribution in [0.1, 0.15) is 25.7 Å². The summed E-state index contributed by atoms with van der Waals surface area (Å²) in [6.07, 6.45) is 4.26. The normalized spacial score (nSPS) is 26.8. The zero-order valence-electron chi connectivity index (χ0n) is 9.23. The predicted molar refractivity (Wildman–Crippen MR) is 63.2 cm³/mol. The number of rotatable bonds is 7. The molecule has 15 heavy (non-hydrogen) atoms. The number of aliphatic hydroxyl groups excluding tert-OH is 2. The van der Waals surface area contributed by atoms with Crippen molar-refractivity contribution in [2.24, 2.45) is 5.92 Å². The van der Waals surface area contributed by atoms with E-state index in [4.69, 9.17) is 9.84 Å². The highest BCUT2D eigenvalue weighted by Crippen LogP contribution is 2.26. The second-order valence-corrected chi connectivity index (χ2v) is 5.24. The molecule has 0 bridgehead atoms. The first-order valence-corrected chi connectivity index (χ1v) is 6.93. The minimum atomic E-state index is -0.0425. The highest BCUT2D eigenvalue weighted by Gasteiger charge is 2.18. The average Bonchev–Trinajstić information content (AvgIpc) is 2.26. The quantitative estimate of drug-likeness (QED) is 0.652. The van der Waals surface area contributed by atoms with Crippen molar-refractivity contribution in [2.45, 2.75) is 31.8 Å². The Morgan fingerprint density at radius 2 is 1.87 bits per heavy atom. The van der Waals surface area contributed by atoms with Crippen LogP contribution in [0.3, 0.4) is 0 Å². The van der Waals surface area contributed by atoms with Gasteiger partial charge in [0.1, 0.15) is 0 Å². The van der Waals surface area contributed by atoms with Crippen LogP contribution in [0.2, 0.25) is 0 Å². The molecule has 0 aromatic heterocycles. The van der Waals surface area contributed by atoms with E-state index in [1.165, 1.54) is 18.6 Å².